The molecule has 1 heterocycles. The average molecular weight is 461 g/mol. The molecular weight excluding hydrogens is 440 g/mol. The lowest BCUT2D eigenvalue weighted by molar-refractivity contribution is -0.385. The number of halogens is 1. The maximum atomic E-state index is 12.9. The molecule has 32 heavy (non-hydrogen) atoms. The van der Waals surface area contributed by atoms with Crippen LogP contribution in [0.3, 0.4) is 0 Å². The summed E-state index contributed by atoms with van der Waals surface area (Å²) in [5.41, 5.74) is -0.378. The standard InChI is InChI=1S/C22H21ClN2O7/c1-3-9-24-19(12-6-8-16(26)15(10-12)25(30)31)18(21(28)22(24)29)20(27)13-5-7-14(23)17(11-13)32-4-2/h5-8,10-11,19,26-27H,3-4,9H2,1-2H3/b20-18-. The van der Waals surface area contributed by atoms with Gasteiger partial charge >= 0.3 is 5.69 Å². The van der Waals surface area contributed by atoms with Gasteiger partial charge in [0.1, 0.15) is 11.5 Å². The highest BCUT2D eigenvalue weighted by atomic mass is 35.5. The Morgan fingerprint density at radius 1 is 1.22 bits per heavy atom. The number of aromatic hydroxyl groups is 1. The molecule has 0 radical (unpaired) electrons. The molecule has 2 N–H and O–H groups in total. The maximum absolute atomic E-state index is 12.9. The van der Waals surface area contributed by atoms with Crippen LogP contribution >= 0.6 is 11.6 Å². The fraction of sp³-hybridized carbons (Fsp3) is 0.273. The first-order valence-corrected chi connectivity index (χ1v) is 10.3. The number of ketones is 1. The molecule has 0 bridgehead atoms. The van der Waals surface area contributed by atoms with Crippen LogP contribution < -0.4 is 4.74 Å². The normalized spacial score (nSPS) is 17.6. The van der Waals surface area contributed by atoms with Gasteiger partial charge in [0.25, 0.3) is 11.7 Å². The molecule has 1 aliphatic heterocycles. The van der Waals surface area contributed by atoms with Crippen molar-refractivity contribution in [3.05, 3.63) is 68.2 Å². The van der Waals surface area contributed by atoms with Crippen molar-refractivity contribution in [3.8, 4) is 11.5 Å². The number of nitrogens with zero attached hydrogens (tertiary/aromatic N) is 2. The molecule has 2 aromatic rings. The molecule has 2 aromatic carbocycles. The number of Topliss-reactive ketones (excluding diaryl/α,β-unsaturated/α-hetero) is 1. The number of phenols is 1. The van der Waals surface area contributed by atoms with Gasteiger partial charge in [0.05, 0.1) is 28.2 Å². The molecule has 1 amide bonds. The van der Waals surface area contributed by atoms with Gasteiger partial charge < -0.3 is 19.8 Å². The predicted molar refractivity (Wildman–Crippen MR) is 117 cm³/mol. The fourth-order valence-electron chi connectivity index (χ4n) is 3.63. The number of nitro benzene ring substituents is 1. The van der Waals surface area contributed by atoms with Crippen molar-refractivity contribution in [3.63, 3.8) is 0 Å². The second-order valence-electron chi connectivity index (χ2n) is 7.08. The third kappa shape index (κ3) is 4.11. The Bertz CT molecular complexity index is 1130. The summed E-state index contributed by atoms with van der Waals surface area (Å²) in [5.74, 6) is -2.46. The number of likely N-dealkylation sites (tertiary alicyclic amines) is 1. The van der Waals surface area contributed by atoms with E-state index in [1.54, 1.807) is 6.92 Å². The highest BCUT2D eigenvalue weighted by Crippen LogP contribution is 2.42. The molecule has 1 saturated heterocycles. The van der Waals surface area contributed by atoms with Crippen molar-refractivity contribution < 1.29 is 29.5 Å². The molecule has 1 fully saturated rings. The smallest absolute Gasteiger partial charge is 0.311 e. The van der Waals surface area contributed by atoms with E-state index >= 15 is 0 Å². The van der Waals surface area contributed by atoms with Gasteiger partial charge in [-0.15, -0.1) is 0 Å². The van der Waals surface area contributed by atoms with Gasteiger partial charge in [-0.05, 0) is 43.2 Å². The van der Waals surface area contributed by atoms with E-state index in [2.05, 4.69) is 0 Å². The SMILES string of the molecule is CCCN1C(=O)C(=O)/C(=C(\O)c2ccc(Cl)c(OCC)c2)C1c1ccc(O)c([N+](=O)[O-])c1. The molecule has 1 atom stereocenters. The summed E-state index contributed by atoms with van der Waals surface area (Å²) in [7, 11) is 0. The van der Waals surface area contributed by atoms with Crippen LogP contribution in [0.25, 0.3) is 5.76 Å². The summed E-state index contributed by atoms with van der Waals surface area (Å²) in [6.45, 7) is 4.08. The Labute approximate surface area is 188 Å². The van der Waals surface area contributed by atoms with E-state index in [4.69, 9.17) is 16.3 Å². The van der Waals surface area contributed by atoms with Crippen LogP contribution in [0.4, 0.5) is 5.69 Å². The van der Waals surface area contributed by atoms with Crippen LogP contribution in [0.2, 0.25) is 5.02 Å². The summed E-state index contributed by atoms with van der Waals surface area (Å²) in [6, 6.07) is 6.94. The van der Waals surface area contributed by atoms with E-state index in [0.717, 1.165) is 12.1 Å². The molecule has 0 aliphatic carbocycles. The van der Waals surface area contributed by atoms with Crippen LogP contribution in [0.1, 0.15) is 37.4 Å². The quantitative estimate of drug-likeness (QED) is 0.208. The molecule has 1 aliphatic rings. The maximum Gasteiger partial charge on any atom is 0.311 e. The van der Waals surface area contributed by atoms with Crippen LogP contribution in [0, 0.1) is 10.1 Å². The third-order valence-corrected chi connectivity index (χ3v) is 5.33. The first-order chi connectivity index (χ1) is 15.2. The minimum atomic E-state index is -1.07. The number of nitro groups is 1. The van der Waals surface area contributed by atoms with Gasteiger partial charge in [0, 0.05) is 18.2 Å². The molecule has 1 unspecified atom stereocenters. The molecule has 0 saturated carbocycles. The number of rotatable bonds is 7. The number of phenolic OH excluding ortho intramolecular Hbond substituents is 1. The van der Waals surface area contributed by atoms with Crippen molar-refractivity contribution in [2.75, 3.05) is 13.2 Å². The summed E-state index contributed by atoms with van der Waals surface area (Å²) < 4.78 is 5.43. The van der Waals surface area contributed by atoms with Crippen molar-refractivity contribution in [2.24, 2.45) is 0 Å². The van der Waals surface area contributed by atoms with Gasteiger partial charge in [-0.25, -0.2) is 0 Å². The van der Waals surface area contributed by atoms with Gasteiger partial charge in [0.2, 0.25) is 0 Å². The number of ether oxygens (including phenoxy) is 1. The van der Waals surface area contributed by atoms with E-state index in [9.17, 15) is 29.9 Å². The number of carbonyl (C=O) groups excluding carboxylic acids is 2. The summed E-state index contributed by atoms with van der Waals surface area (Å²) in [5, 5.41) is 32.5. The average Bonchev–Trinajstić information content (AvgIpc) is 3.00. The molecule has 168 valence electrons. The van der Waals surface area contributed by atoms with Gasteiger partial charge in [0.15, 0.2) is 5.75 Å². The zero-order valence-electron chi connectivity index (χ0n) is 17.4. The van der Waals surface area contributed by atoms with E-state index in [-0.39, 0.29) is 29.0 Å². The second kappa shape index (κ2) is 9.27. The minimum absolute atomic E-state index is 0.186. The third-order valence-electron chi connectivity index (χ3n) is 5.02. The van der Waals surface area contributed by atoms with Crippen molar-refractivity contribution in [1.82, 2.24) is 4.90 Å². The zero-order chi connectivity index (χ0) is 23.6. The lowest BCUT2D eigenvalue weighted by atomic mass is 9.94. The lowest BCUT2D eigenvalue weighted by Crippen LogP contribution is -2.30. The van der Waals surface area contributed by atoms with Crippen molar-refractivity contribution in [1.29, 1.82) is 0 Å². The second-order valence-corrected chi connectivity index (χ2v) is 7.48. The Balaban J connectivity index is 2.23. The van der Waals surface area contributed by atoms with E-state index in [1.165, 1.54) is 29.2 Å². The molecule has 3 rings (SSSR count). The van der Waals surface area contributed by atoms with E-state index in [0.29, 0.717) is 18.1 Å². The largest absolute Gasteiger partial charge is 0.507 e. The van der Waals surface area contributed by atoms with Crippen LogP contribution in [0.5, 0.6) is 11.5 Å². The molecule has 0 spiro atoms. The van der Waals surface area contributed by atoms with Gasteiger partial charge in [-0.3, -0.25) is 19.7 Å². The number of benzene rings is 2. The molecule has 0 aromatic heterocycles. The topological polar surface area (TPSA) is 130 Å². The highest BCUT2D eigenvalue weighted by molar-refractivity contribution is 6.46. The molecule has 9 nitrogen and oxygen atoms in total. The molecular formula is C22H21ClN2O7. The monoisotopic (exact) mass is 460 g/mol. The van der Waals surface area contributed by atoms with Crippen molar-refractivity contribution in [2.45, 2.75) is 26.3 Å². The summed E-state index contributed by atoms with van der Waals surface area (Å²) in [6.07, 6.45) is 0.513. The zero-order valence-corrected chi connectivity index (χ0v) is 18.1. The number of carbonyl (C=O) groups is 2. The minimum Gasteiger partial charge on any atom is -0.507 e. The molecule has 10 heteroatoms. The number of hydrogen-bond acceptors (Lipinski definition) is 7. The Morgan fingerprint density at radius 3 is 2.56 bits per heavy atom. The highest BCUT2D eigenvalue weighted by Gasteiger charge is 2.46. The Hall–Kier alpha value is -3.59. The Morgan fingerprint density at radius 2 is 1.94 bits per heavy atom. The first-order valence-electron chi connectivity index (χ1n) is 9.89. The van der Waals surface area contributed by atoms with Gasteiger partial charge in [-0.1, -0.05) is 24.6 Å². The number of aliphatic hydroxyl groups is 1. The van der Waals surface area contributed by atoms with Crippen LogP contribution in [-0.4, -0.2) is 44.9 Å². The van der Waals surface area contributed by atoms with Crippen LogP contribution in [-0.2, 0) is 9.59 Å². The van der Waals surface area contributed by atoms with Crippen LogP contribution in [0.15, 0.2) is 42.0 Å². The predicted octanol–water partition coefficient (Wildman–Crippen LogP) is 4.18. The summed E-state index contributed by atoms with van der Waals surface area (Å²) in [4.78, 5) is 37.4. The fourth-order valence-corrected chi connectivity index (χ4v) is 3.80. The number of aliphatic hydroxyl groups excluding tert-OH is 1. The van der Waals surface area contributed by atoms with Gasteiger partial charge in [-0.2, -0.15) is 0 Å². The lowest BCUT2D eigenvalue weighted by Gasteiger charge is -2.24. The number of hydrogen-bond donors (Lipinski definition) is 2. The van der Waals surface area contributed by atoms with E-state index in [1.807, 2.05) is 6.92 Å². The summed E-state index contributed by atoms with van der Waals surface area (Å²) >= 11 is 6.10. The number of amides is 1. The Kier molecular flexibility index (Phi) is 6.69. The first kappa shape index (κ1) is 23.1. The van der Waals surface area contributed by atoms with E-state index < -0.39 is 39.9 Å². The van der Waals surface area contributed by atoms with Crippen molar-refractivity contribution >= 4 is 34.7 Å².